The lowest BCUT2D eigenvalue weighted by Crippen LogP contribution is -2.87. The minimum atomic E-state index is -0.365. The molecular weight excluding hydrogens is 379 g/mol. The van der Waals surface area contributed by atoms with Gasteiger partial charge in [0.05, 0.1) is 19.3 Å². The van der Waals surface area contributed by atoms with Crippen LogP contribution in [-0.4, -0.2) is 18.6 Å². The summed E-state index contributed by atoms with van der Waals surface area (Å²) < 4.78 is 25.2. The van der Waals surface area contributed by atoms with Gasteiger partial charge in [-0.3, -0.25) is 0 Å². The molecule has 30 heavy (non-hydrogen) atoms. The Morgan fingerprint density at radius 3 is 2.73 bits per heavy atom. The average molecular weight is 403 g/mol. The summed E-state index contributed by atoms with van der Waals surface area (Å²) in [6, 6.07) is 21.3. The molecule has 0 saturated carbocycles. The third-order valence-corrected chi connectivity index (χ3v) is 5.84. The van der Waals surface area contributed by atoms with Gasteiger partial charge in [0.2, 0.25) is 0 Å². The number of nitrogens with two attached hydrogens (primary N) is 1. The summed E-state index contributed by atoms with van der Waals surface area (Å²) in [7, 11) is 1.64. The van der Waals surface area contributed by atoms with Crippen molar-refractivity contribution in [1.82, 2.24) is 4.98 Å². The van der Waals surface area contributed by atoms with Crippen LogP contribution >= 0.6 is 0 Å². The van der Waals surface area contributed by atoms with Crippen molar-refractivity contribution in [2.45, 2.75) is 19.1 Å². The van der Waals surface area contributed by atoms with E-state index >= 15 is 0 Å². The van der Waals surface area contributed by atoms with Crippen LogP contribution in [0.2, 0.25) is 0 Å². The second kappa shape index (κ2) is 7.84. The summed E-state index contributed by atoms with van der Waals surface area (Å²) in [6.45, 7) is 1.27. The van der Waals surface area contributed by atoms with Crippen LogP contribution in [0.5, 0.6) is 11.5 Å². The molecule has 5 rings (SSSR count). The number of ether oxygens (including phenoxy) is 2. The second-order valence-electron chi connectivity index (χ2n) is 7.61. The molecule has 0 amide bonds. The topological polar surface area (TPSA) is 50.9 Å². The van der Waals surface area contributed by atoms with E-state index in [2.05, 4.69) is 46.7 Å². The maximum atomic E-state index is 13.9. The van der Waals surface area contributed by atoms with Crippen molar-refractivity contribution >= 4 is 10.9 Å². The predicted molar refractivity (Wildman–Crippen MR) is 114 cm³/mol. The first-order valence-corrected chi connectivity index (χ1v) is 10.2. The molecule has 0 spiro atoms. The Balaban J connectivity index is 1.49. The van der Waals surface area contributed by atoms with E-state index in [4.69, 9.17) is 9.47 Å². The molecule has 152 valence electrons. The number of para-hydroxylation sites is 2. The largest absolute Gasteiger partial charge is 0.496 e. The van der Waals surface area contributed by atoms with Gasteiger partial charge in [0.1, 0.15) is 12.4 Å². The van der Waals surface area contributed by atoms with Crippen molar-refractivity contribution in [2.75, 3.05) is 13.7 Å². The number of quaternary nitrogens is 1. The Morgan fingerprint density at radius 2 is 1.87 bits per heavy atom. The third kappa shape index (κ3) is 3.31. The van der Waals surface area contributed by atoms with Crippen LogP contribution < -0.4 is 14.8 Å². The van der Waals surface area contributed by atoms with Gasteiger partial charge in [-0.1, -0.05) is 30.3 Å². The fourth-order valence-corrected chi connectivity index (χ4v) is 4.39. The number of methoxy groups -OCH3 is 1. The van der Waals surface area contributed by atoms with Crippen LogP contribution in [0.15, 0.2) is 66.7 Å². The Hall–Kier alpha value is -3.31. The number of rotatable bonds is 5. The quantitative estimate of drug-likeness (QED) is 0.527. The van der Waals surface area contributed by atoms with Crippen molar-refractivity contribution in [3.63, 3.8) is 0 Å². The van der Waals surface area contributed by atoms with Gasteiger partial charge in [0.25, 0.3) is 0 Å². The number of H-pyrrole nitrogens is 1. The van der Waals surface area contributed by atoms with Gasteiger partial charge in [-0.25, -0.2) is 4.39 Å². The molecule has 3 aromatic carbocycles. The van der Waals surface area contributed by atoms with E-state index in [1.807, 2.05) is 6.07 Å². The molecule has 4 nitrogen and oxygen atoms in total. The zero-order valence-electron chi connectivity index (χ0n) is 16.8. The van der Waals surface area contributed by atoms with Crippen LogP contribution in [-0.2, 0) is 13.0 Å². The second-order valence-corrected chi connectivity index (χ2v) is 7.61. The number of halogens is 1. The van der Waals surface area contributed by atoms with Gasteiger partial charge in [-0.2, -0.15) is 0 Å². The lowest BCUT2D eigenvalue weighted by Gasteiger charge is -2.22. The highest BCUT2D eigenvalue weighted by Crippen LogP contribution is 2.32. The van der Waals surface area contributed by atoms with Gasteiger partial charge in [0, 0.05) is 28.5 Å². The van der Waals surface area contributed by atoms with Crippen molar-refractivity contribution in [1.29, 1.82) is 0 Å². The Labute approximate surface area is 174 Å². The monoisotopic (exact) mass is 403 g/mol. The molecule has 1 atom stereocenters. The summed E-state index contributed by atoms with van der Waals surface area (Å²) in [5.41, 5.74) is 5.91. The number of nitrogens with one attached hydrogen (secondary N) is 1. The fraction of sp³-hybridized carbons (Fsp3) is 0.200. The predicted octanol–water partition coefficient (Wildman–Crippen LogP) is 4.10. The van der Waals surface area contributed by atoms with Crippen molar-refractivity contribution in [2.24, 2.45) is 0 Å². The van der Waals surface area contributed by atoms with E-state index in [1.165, 1.54) is 33.8 Å². The summed E-state index contributed by atoms with van der Waals surface area (Å²) in [5, 5.41) is 3.67. The summed E-state index contributed by atoms with van der Waals surface area (Å²) in [6.07, 6.45) is 1.05. The molecule has 0 aliphatic carbocycles. The number of aromatic amines is 1. The first-order chi connectivity index (χ1) is 14.7. The highest BCUT2D eigenvalue weighted by Gasteiger charge is 2.29. The zero-order valence-corrected chi connectivity index (χ0v) is 16.8. The lowest BCUT2D eigenvalue weighted by molar-refractivity contribution is -0.690. The SMILES string of the molecule is COc1ccc(C2[NH2+]CCc3c2[nH]c2ccccc32)cc1COc1ccccc1F. The number of benzene rings is 3. The van der Waals surface area contributed by atoms with Gasteiger partial charge in [-0.05, 0) is 42.0 Å². The van der Waals surface area contributed by atoms with Crippen molar-refractivity contribution in [3.8, 4) is 11.5 Å². The van der Waals surface area contributed by atoms with E-state index in [-0.39, 0.29) is 24.2 Å². The fourth-order valence-electron chi connectivity index (χ4n) is 4.39. The first kappa shape index (κ1) is 18.7. The Kier molecular flexibility index (Phi) is 4.89. The van der Waals surface area contributed by atoms with Crippen LogP contribution in [0.4, 0.5) is 4.39 Å². The minimum absolute atomic E-state index is 0.180. The Bertz CT molecular complexity index is 1200. The molecular formula is C25H24FN2O2+. The van der Waals surface area contributed by atoms with Gasteiger partial charge in [0.15, 0.2) is 17.6 Å². The van der Waals surface area contributed by atoms with Crippen LogP contribution in [0.25, 0.3) is 10.9 Å². The number of fused-ring (bicyclic) bond motifs is 3. The molecule has 0 radical (unpaired) electrons. The molecule has 0 bridgehead atoms. The van der Waals surface area contributed by atoms with E-state index in [1.54, 1.807) is 25.3 Å². The standard InChI is InChI=1S/C25H23FN2O2/c1-29-22-11-10-16(14-17(22)15-30-23-9-5-3-7-20(23)26)24-25-19(12-13-27-24)18-6-2-4-8-21(18)28-25/h2-11,14,24,27-28H,12-13,15H2,1H3/p+1. The molecule has 1 unspecified atom stereocenters. The zero-order chi connectivity index (χ0) is 20.5. The average Bonchev–Trinajstić information content (AvgIpc) is 3.17. The molecule has 5 heteroatoms. The van der Waals surface area contributed by atoms with E-state index in [0.717, 1.165) is 24.3 Å². The lowest BCUT2D eigenvalue weighted by atomic mass is 9.93. The molecule has 1 aliphatic rings. The minimum Gasteiger partial charge on any atom is -0.496 e. The van der Waals surface area contributed by atoms with Crippen molar-refractivity contribution in [3.05, 3.63) is 94.9 Å². The molecule has 1 aromatic heterocycles. The van der Waals surface area contributed by atoms with Crippen molar-refractivity contribution < 1.29 is 19.2 Å². The summed E-state index contributed by atoms with van der Waals surface area (Å²) in [5.74, 6) is 0.616. The number of aromatic nitrogens is 1. The molecule has 3 N–H and O–H groups in total. The van der Waals surface area contributed by atoms with E-state index < -0.39 is 0 Å². The van der Waals surface area contributed by atoms with Gasteiger partial charge >= 0.3 is 0 Å². The highest BCUT2D eigenvalue weighted by molar-refractivity contribution is 5.85. The Morgan fingerprint density at radius 1 is 1.03 bits per heavy atom. The smallest absolute Gasteiger partial charge is 0.165 e. The molecule has 2 heterocycles. The van der Waals surface area contributed by atoms with Crippen LogP contribution in [0, 0.1) is 5.82 Å². The molecule has 0 fully saturated rings. The normalized spacial score (nSPS) is 15.7. The maximum absolute atomic E-state index is 13.9. The third-order valence-electron chi connectivity index (χ3n) is 5.84. The van der Waals surface area contributed by atoms with Crippen LogP contribution in [0.3, 0.4) is 0 Å². The van der Waals surface area contributed by atoms with E-state index in [0.29, 0.717) is 0 Å². The summed E-state index contributed by atoms with van der Waals surface area (Å²) in [4.78, 5) is 3.63. The maximum Gasteiger partial charge on any atom is 0.165 e. The molecule has 0 saturated heterocycles. The van der Waals surface area contributed by atoms with Crippen LogP contribution in [0.1, 0.15) is 28.4 Å². The number of hydrogen-bond acceptors (Lipinski definition) is 2. The highest BCUT2D eigenvalue weighted by atomic mass is 19.1. The van der Waals surface area contributed by atoms with Gasteiger partial charge in [-0.15, -0.1) is 0 Å². The molecule has 4 aromatic rings. The number of hydrogen-bond donors (Lipinski definition) is 2. The first-order valence-electron chi connectivity index (χ1n) is 10.2. The van der Waals surface area contributed by atoms with Gasteiger partial charge < -0.3 is 19.8 Å². The molecule has 1 aliphatic heterocycles. The summed E-state index contributed by atoms with van der Waals surface area (Å²) >= 11 is 0. The van der Waals surface area contributed by atoms with E-state index in [9.17, 15) is 4.39 Å².